The van der Waals surface area contributed by atoms with E-state index in [-0.39, 0.29) is 6.10 Å². The van der Waals surface area contributed by atoms with Crippen LogP contribution in [0.2, 0.25) is 0 Å². The quantitative estimate of drug-likeness (QED) is 0.915. The Balaban J connectivity index is 1.60. The van der Waals surface area contributed by atoms with Crippen molar-refractivity contribution < 1.29 is 5.11 Å². The molecule has 1 aromatic rings. The number of piperidine rings is 3. The van der Waals surface area contributed by atoms with E-state index in [0.717, 1.165) is 45.2 Å². The lowest BCUT2D eigenvalue weighted by molar-refractivity contribution is 0.0177. The number of hydrogen-bond donors (Lipinski definition) is 1. The first-order valence-corrected chi connectivity index (χ1v) is 7.77. The summed E-state index contributed by atoms with van der Waals surface area (Å²) in [7, 11) is 0. The van der Waals surface area contributed by atoms with Gasteiger partial charge >= 0.3 is 0 Å². The second-order valence-corrected chi connectivity index (χ2v) is 6.15. The highest BCUT2D eigenvalue weighted by Crippen LogP contribution is 2.37. The van der Waals surface area contributed by atoms with Gasteiger partial charge < -0.3 is 10.0 Å². The van der Waals surface area contributed by atoms with E-state index < -0.39 is 0 Å². The van der Waals surface area contributed by atoms with Crippen LogP contribution in [0, 0.1) is 5.92 Å². The molecule has 1 unspecified atom stereocenters. The van der Waals surface area contributed by atoms with E-state index >= 15 is 0 Å². The van der Waals surface area contributed by atoms with Gasteiger partial charge in [0.05, 0.1) is 6.10 Å². The average molecular weight is 272 g/mol. The fraction of sp³-hybridized carbons (Fsp3) is 0.588. The zero-order valence-corrected chi connectivity index (χ0v) is 12.3. The number of hydrogen-bond acceptors (Lipinski definition) is 3. The molecule has 4 heterocycles. The van der Waals surface area contributed by atoms with Gasteiger partial charge in [-0.15, -0.1) is 0 Å². The summed E-state index contributed by atoms with van der Waals surface area (Å²) in [5, 5.41) is 10.4. The molecule has 1 N–H and O–H groups in total. The molecule has 0 radical (unpaired) electrons. The summed E-state index contributed by atoms with van der Waals surface area (Å²) in [4.78, 5) is 6.56. The number of aliphatic hydroxyl groups is 1. The van der Waals surface area contributed by atoms with Gasteiger partial charge in [0, 0.05) is 31.2 Å². The minimum absolute atomic E-state index is 0.212. The summed E-state index contributed by atoms with van der Waals surface area (Å²) < 4.78 is 0. The highest BCUT2D eigenvalue weighted by molar-refractivity contribution is 5.21. The summed E-state index contributed by atoms with van der Waals surface area (Å²) in [6.45, 7) is 4.47. The Morgan fingerprint density at radius 1 is 1.40 bits per heavy atom. The molecular formula is C17H24N2O. The number of aryl methyl sites for hydroxylation is 1. The van der Waals surface area contributed by atoms with Crippen LogP contribution in [0.3, 0.4) is 0 Å². The van der Waals surface area contributed by atoms with Crippen molar-refractivity contribution >= 4 is 0 Å². The Morgan fingerprint density at radius 3 is 2.85 bits per heavy atom. The van der Waals surface area contributed by atoms with Crippen LogP contribution in [0.5, 0.6) is 0 Å². The number of aliphatic hydroxyl groups excluding tert-OH is 1. The maximum Gasteiger partial charge on any atom is 0.0965 e. The van der Waals surface area contributed by atoms with Crippen molar-refractivity contribution in [2.24, 2.45) is 5.92 Å². The Bertz CT molecular complexity index is 471. The van der Waals surface area contributed by atoms with E-state index in [1.807, 2.05) is 18.5 Å². The summed E-state index contributed by atoms with van der Waals surface area (Å²) in [6.07, 6.45) is 9.15. The molecule has 0 aliphatic carbocycles. The highest BCUT2D eigenvalue weighted by Gasteiger charge is 2.37. The predicted molar refractivity (Wildman–Crippen MR) is 80.2 cm³/mol. The molecule has 4 rings (SSSR count). The largest absolute Gasteiger partial charge is 0.387 e. The molecule has 3 saturated heterocycles. The normalized spacial score (nSPS) is 27.8. The van der Waals surface area contributed by atoms with Gasteiger partial charge in [-0.1, -0.05) is 11.6 Å². The van der Waals surface area contributed by atoms with Crippen molar-refractivity contribution in [1.29, 1.82) is 0 Å². The molecule has 0 spiro atoms. The van der Waals surface area contributed by atoms with Gasteiger partial charge in [0.25, 0.3) is 0 Å². The third-order valence-electron chi connectivity index (χ3n) is 4.78. The monoisotopic (exact) mass is 272 g/mol. The van der Waals surface area contributed by atoms with Gasteiger partial charge in [0.1, 0.15) is 0 Å². The molecule has 0 saturated carbocycles. The first-order chi connectivity index (χ1) is 9.75. The fourth-order valence-corrected chi connectivity index (χ4v) is 3.62. The van der Waals surface area contributed by atoms with E-state index in [0.29, 0.717) is 5.92 Å². The smallest absolute Gasteiger partial charge is 0.0965 e. The summed E-state index contributed by atoms with van der Waals surface area (Å²) in [5.41, 5.74) is 3.92. The molecule has 1 atom stereocenters. The van der Waals surface area contributed by atoms with Crippen molar-refractivity contribution in [3.63, 3.8) is 0 Å². The number of nitrogens with zero attached hydrogens (tertiary/aromatic N) is 2. The molecule has 3 nitrogen and oxygen atoms in total. The number of pyridine rings is 1. The lowest BCUT2D eigenvalue weighted by Gasteiger charge is -2.47. The molecule has 3 aliphatic rings. The number of aromatic nitrogens is 1. The van der Waals surface area contributed by atoms with E-state index in [1.54, 1.807) is 0 Å². The Kier molecular flexibility index (Phi) is 4.06. The van der Waals surface area contributed by atoms with Gasteiger partial charge in [0.2, 0.25) is 0 Å². The topological polar surface area (TPSA) is 36.4 Å². The SMILES string of the molecule is CC(CCCc1cccnc1)=C1C(O)C2CCN1CC2. The summed E-state index contributed by atoms with van der Waals surface area (Å²) in [5.74, 6) is 0.503. The van der Waals surface area contributed by atoms with Crippen LogP contribution in [0.15, 0.2) is 35.8 Å². The number of allylic oxidation sites excluding steroid dienone is 1. The first kappa shape index (κ1) is 13.6. The third-order valence-corrected chi connectivity index (χ3v) is 4.78. The van der Waals surface area contributed by atoms with E-state index in [4.69, 9.17) is 0 Å². The minimum Gasteiger partial charge on any atom is -0.387 e. The van der Waals surface area contributed by atoms with E-state index in [9.17, 15) is 5.11 Å². The van der Waals surface area contributed by atoms with Crippen molar-refractivity contribution in [3.05, 3.63) is 41.4 Å². The zero-order chi connectivity index (χ0) is 13.9. The van der Waals surface area contributed by atoms with Crippen LogP contribution in [0.25, 0.3) is 0 Å². The molecular weight excluding hydrogens is 248 g/mol. The Morgan fingerprint density at radius 2 is 2.20 bits per heavy atom. The van der Waals surface area contributed by atoms with Gasteiger partial charge in [-0.3, -0.25) is 4.98 Å². The second-order valence-electron chi connectivity index (χ2n) is 6.15. The number of fused-ring (bicyclic) bond motifs is 3. The maximum absolute atomic E-state index is 10.4. The van der Waals surface area contributed by atoms with Crippen molar-refractivity contribution in [3.8, 4) is 0 Å². The van der Waals surface area contributed by atoms with E-state index in [2.05, 4.69) is 22.9 Å². The lowest BCUT2D eigenvalue weighted by Crippen LogP contribution is -2.49. The van der Waals surface area contributed by atoms with Gasteiger partial charge in [0.15, 0.2) is 0 Å². The molecule has 20 heavy (non-hydrogen) atoms. The average Bonchev–Trinajstić information content (AvgIpc) is 2.49. The van der Waals surface area contributed by atoms with Crippen LogP contribution in [0.4, 0.5) is 0 Å². The van der Waals surface area contributed by atoms with Crippen LogP contribution < -0.4 is 0 Å². The molecule has 0 amide bonds. The standard InChI is InChI=1S/C17H24N2O/c1-13(4-2-5-14-6-3-9-18-12-14)16-17(20)15-7-10-19(16)11-8-15/h3,6,9,12,15,17,20H,2,4-5,7-8,10-11H2,1H3. The predicted octanol–water partition coefficient (Wildman–Crippen LogP) is 2.76. The summed E-state index contributed by atoms with van der Waals surface area (Å²) >= 11 is 0. The molecule has 1 aromatic heterocycles. The van der Waals surface area contributed by atoms with Crippen molar-refractivity contribution in [2.75, 3.05) is 13.1 Å². The van der Waals surface area contributed by atoms with Crippen LogP contribution >= 0.6 is 0 Å². The first-order valence-electron chi connectivity index (χ1n) is 7.77. The van der Waals surface area contributed by atoms with Gasteiger partial charge in [-0.05, 0) is 56.6 Å². The van der Waals surface area contributed by atoms with Crippen LogP contribution in [-0.4, -0.2) is 34.2 Å². The molecule has 0 aromatic carbocycles. The Hall–Kier alpha value is -1.35. The molecule has 3 heteroatoms. The van der Waals surface area contributed by atoms with Crippen molar-refractivity contribution in [1.82, 2.24) is 9.88 Å². The maximum atomic E-state index is 10.4. The van der Waals surface area contributed by atoms with Crippen molar-refractivity contribution in [2.45, 2.75) is 45.1 Å². The molecule has 2 bridgehead atoms. The molecule has 3 aliphatic heterocycles. The Labute approximate surface area is 121 Å². The molecule has 108 valence electrons. The van der Waals surface area contributed by atoms with Crippen LogP contribution in [0.1, 0.15) is 38.2 Å². The minimum atomic E-state index is -0.212. The fourth-order valence-electron chi connectivity index (χ4n) is 3.62. The zero-order valence-electron chi connectivity index (χ0n) is 12.3. The second kappa shape index (κ2) is 5.96. The van der Waals surface area contributed by atoms with Crippen LogP contribution in [-0.2, 0) is 6.42 Å². The van der Waals surface area contributed by atoms with Gasteiger partial charge in [-0.25, -0.2) is 0 Å². The third kappa shape index (κ3) is 2.73. The summed E-state index contributed by atoms with van der Waals surface area (Å²) in [6, 6.07) is 4.13. The molecule has 3 fully saturated rings. The lowest BCUT2D eigenvalue weighted by atomic mass is 9.81. The van der Waals surface area contributed by atoms with Gasteiger partial charge in [-0.2, -0.15) is 0 Å². The number of rotatable bonds is 4. The van der Waals surface area contributed by atoms with E-state index in [1.165, 1.54) is 16.8 Å². The highest BCUT2D eigenvalue weighted by atomic mass is 16.3.